The van der Waals surface area contributed by atoms with Crippen molar-refractivity contribution in [3.05, 3.63) is 35.4 Å². The summed E-state index contributed by atoms with van der Waals surface area (Å²) in [5, 5.41) is 3.00. The van der Waals surface area contributed by atoms with Crippen molar-refractivity contribution in [1.29, 1.82) is 0 Å². The van der Waals surface area contributed by atoms with Crippen molar-refractivity contribution < 1.29 is 14.3 Å². The molecule has 2 aliphatic rings. The highest BCUT2D eigenvalue weighted by atomic mass is 16.7. The first-order valence-corrected chi connectivity index (χ1v) is 7.20. The molecule has 1 aromatic rings. The lowest BCUT2D eigenvalue weighted by Crippen LogP contribution is -2.38. The summed E-state index contributed by atoms with van der Waals surface area (Å²) in [6, 6.07) is 8.29. The van der Waals surface area contributed by atoms with Crippen LogP contribution in [0.3, 0.4) is 0 Å². The second-order valence-corrected chi connectivity index (χ2v) is 6.07. The average Bonchev–Trinajstić information content (AvgIpc) is 2.99. The van der Waals surface area contributed by atoms with Gasteiger partial charge in [0, 0.05) is 12.5 Å². The molecule has 0 radical (unpaired) electrons. The van der Waals surface area contributed by atoms with Crippen molar-refractivity contribution in [2.75, 3.05) is 13.2 Å². The minimum absolute atomic E-state index is 0.0438. The molecule has 1 atom stereocenters. The van der Waals surface area contributed by atoms with E-state index in [9.17, 15) is 4.79 Å². The van der Waals surface area contributed by atoms with Crippen LogP contribution < -0.4 is 5.32 Å². The van der Waals surface area contributed by atoms with E-state index in [4.69, 9.17) is 9.47 Å². The number of ether oxygens (including phenoxy) is 2. The molecule has 108 valence electrons. The molecule has 4 nitrogen and oxygen atoms in total. The van der Waals surface area contributed by atoms with Crippen LogP contribution in [0.2, 0.25) is 0 Å². The Hall–Kier alpha value is -1.39. The standard InChI is InChI=1S/C16H21NO3/c1-16(2)19-10-14(20-16)9-17-15(18)13-7-11-5-3-4-6-12(11)8-13/h3-6,13-14H,7-10H2,1-2H3,(H,17,18). The van der Waals surface area contributed by atoms with Crippen molar-refractivity contribution in [3.8, 4) is 0 Å². The van der Waals surface area contributed by atoms with Crippen LogP contribution in [0, 0.1) is 5.92 Å². The van der Waals surface area contributed by atoms with Crippen LogP contribution in [0.4, 0.5) is 0 Å². The molecule has 0 spiro atoms. The molecule has 20 heavy (non-hydrogen) atoms. The second-order valence-electron chi connectivity index (χ2n) is 6.07. The predicted molar refractivity (Wildman–Crippen MR) is 75.3 cm³/mol. The van der Waals surface area contributed by atoms with Gasteiger partial charge >= 0.3 is 0 Å². The fourth-order valence-corrected chi connectivity index (χ4v) is 2.97. The lowest BCUT2D eigenvalue weighted by molar-refractivity contribution is -0.140. The highest BCUT2D eigenvalue weighted by molar-refractivity contribution is 5.80. The van der Waals surface area contributed by atoms with Crippen molar-refractivity contribution in [3.63, 3.8) is 0 Å². The first kappa shape index (κ1) is 13.6. The summed E-state index contributed by atoms with van der Waals surface area (Å²) in [7, 11) is 0. The van der Waals surface area contributed by atoms with E-state index in [2.05, 4.69) is 17.4 Å². The monoisotopic (exact) mass is 275 g/mol. The normalized spacial score (nSPS) is 24.6. The number of hydrogen-bond donors (Lipinski definition) is 1. The lowest BCUT2D eigenvalue weighted by Gasteiger charge is -2.18. The van der Waals surface area contributed by atoms with E-state index in [-0.39, 0.29) is 17.9 Å². The van der Waals surface area contributed by atoms with Crippen LogP contribution in [0.5, 0.6) is 0 Å². The Bertz CT molecular complexity index is 487. The van der Waals surface area contributed by atoms with Gasteiger partial charge in [-0.1, -0.05) is 24.3 Å². The zero-order valence-corrected chi connectivity index (χ0v) is 12.0. The zero-order valence-electron chi connectivity index (χ0n) is 12.0. The van der Waals surface area contributed by atoms with Crippen LogP contribution in [-0.2, 0) is 27.1 Å². The molecule has 1 fully saturated rings. The molecule has 4 heteroatoms. The number of amides is 1. The number of fused-ring (bicyclic) bond motifs is 1. The zero-order chi connectivity index (χ0) is 14.2. The minimum Gasteiger partial charge on any atom is -0.353 e. The molecule has 3 rings (SSSR count). The van der Waals surface area contributed by atoms with E-state index < -0.39 is 5.79 Å². The Balaban J connectivity index is 1.50. The smallest absolute Gasteiger partial charge is 0.223 e. The molecule has 1 aliphatic heterocycles. The molecule has 1 heterocycles. The Morgan fingerprint density at radius 1 is 1.30 bits per heavy atom. The summed E-state index contributed by atoms with van der Waals surface area (Å²) < 4.78 is 11.2. The summed E-state index contributed by atoms with van der Waals surface area (Å²) in [5.74, 6) is -0.351. The maximum absolute atomic E-state index is 12.2. The largest absolute Gasteiger partial charge is 0.353 e. The summed E-state index contributed by atoms with van der Waals surface area (Å²) in [6.07, 6.45) is 1.64. The van der Waals surface area contributed by atoms with Crippen LogP contribution in [0.1, 0.15) is 25.0 Å². The molecule has 0 bridgehead atoms. The molecule has 1 unspecified atom stereocenters. The van der Waals surface area contributed by atoms with Gasteiger partial charge in [-0.3, -0.25) is 4.79 Å². The van der Waals surface area contributed by atoms with Gasteiger partial charge in [0.1, 0.15) is 6.10 Å². The third-order valence-electron chi connectivity index (χ3n) is 3.99. The Labute approximate surface area is 119 Å². The van der Waals surface area contributed by atoms with E-state index in [0.29, 0.717) is 13.2 Å². The first-order chi connectivity index (χ1) is 9.53. The number of benzene rings is 1. The maximum Gasteiger partial charge on any atom is 0.223 e. The van der Waals surface area contributed by atoms with E-state index in [0.717, 1.165) is 12.8 Å². The van der Waals surface area contributed by atoms with Gasteiger partial charge in [0.2, 0.25) is 5.91 Å². The van der Waals surface area contributed by atoms with Crippen LogP contribution in [0.25, 0.3) is 0 Å². The third-order valence-corrected chi connectivity index (χ3v) is 3.99. The second kappa shape index (κ2) is 5.19. The fraction of sp³-hybridized carbons (Fsp3) is 0.562. The number of nitrogens with one attached hydrogen (secondary N) is 1. The van der Waals surface area contributed by atoms with Crippen molar-refractivity contribution >= 4 is 5.91 Å². The van der Waals surface area contributed by atoms with Crippen LogP contribution in [0.15, 0.2) is 24.3 Å². The molecule has 0 saturated carbocycles. The maximum atomic E-state index is 12.2. The van der Waals surface area contributed by atoms with Crippen LogP contribution >= 0.6 is 0 Å². The predicted octanol–water partition coefficient (Wildman–Crippen LogP) is 1.67. The number of hydrogen-bond acceptors (Lipinski definition) is 3. The lowest BCUT2D eigenvalue weighted by atomic mass is 10.1. The van der Waals surface area contributed by atoms with Crippen molar-refractivity contribution in [2.45, 2.75) is 38.6 Å². The topological polar surface area (TPSA) is 47.6 Å². The van der Waals surface area contributed by atoms with E-state index in [1.165, 1.54) is 11.1 Å². The quantitative estimate of drug-likeness (QED) is 0.913. The molecule has 1 amide bonds. The van der Waals surface area contributed by atoms with Crippen molar-refractivity contribution in [2.24, 2.45) is 5.92 Å². The average molecular weight is 275 g/mol. The van der Waals surface area contributed by atoms with Gasteiger partial charge in [0.15, 0.2) is 5.79 Å². The molecular weight excluding hydrogens is 254 g/mol. The molecule has 0 aromatic heterocycles. The summed E-state index contributed by atoms with van der Waals surface area (Å²) in [4.78, 5) is 12.2. The van der Waals surface area contributed by atoms with Gasteiger partial charge in [-0.2, -0.15) is 0 Å². The van der Waals surface area contributed by atoms with E-state index in [1.54, 1.807) is 0 Å². The van der Waals surface area contributed by atoms with E-state index >= 15 is 0 Å². The minimum atomic E-state index is -0.529. The van der Waals surface area contributed by atoms with Gasteiger partial charge in [0.25, 0.3) is 0 Å². The molecule has 1 aromatic carbocycles. The molecule has 1 saturated heterocycles. The van der Waals surface area contributed by atoms with E-state index in [1.807, 2.05) is 26.0 Å². The van der Waals surface area contributed by atoms with Crippen LogP contribution in [-0.4, -0.2) is 30.9 Å². The Kier molecular flexibility index (Phi) is 3.52. The van der Waals surface area contributed by atoms with Crippen molar-refractivity contribution in [1.82, 2.24) is 5.32 Å². The molecule has 1 N–H and O–H groups in total. The Morgan fingerprint density at radius 3 is 2.50 bits per heavy atom. The summed E-state index contributed by atoms with van der Waals surface area (Å²) in [6.45, 7) is 4.85. The van der Waals surface area contributed by atoms with Gasteiger partial charge in [0.05, 0.1) is 6.61 Å². The third kappa shape index (κ3) is 2.86. The van der Waals surface area contributed by atoms with Gasteiger partial charge in [-0.05, 0) is 37.8 Å². The Morgan fingerprint density at radius 2 is 1.95 bits per heavy atom. The fourth-order valence-electron chi connectivity index (χ4n) is 2.97. The van der Waals surface area contributed by atoms with Gasteiger partial charge < -0.3 is 14.8 Å². The first-order valence-electron chi connectivity index (χ1n) is 7.20. The molecule has 1 aliphatic carbocycles. The highest BCUT2D eigenvalue weighted by Gasteiger charge is 2.33. The highest BCUT2D eigenvalue weighted by Crippen LogP contribution is 2.27. The number of rotatable bonds is 3. The number of carbonyl (C=O) groups is 1. The van der Waals surface area contributed by atoms with Gasteiger partial charge in [-0.15, -0.1) is 0 Å². The SMILES string of the molecule is CC1(C)OCC(CNC(=O)C2Cc3ccccc3C2)O1. The van der Waals surface area contributed by atoms with Gasteiger partial charge in [-0.25, -0.2) is 0 Å². The molecular formula is C16H21NO3. The summed E-state index contributed by atoms with van der Waals surface area (Å²) in [5.41, 5.74) is 2.60. The number of carbonyl (C=O) groups excluding carboxylic acids is 1. The summed E-state index contributed by atoms with van der Waals surface area (Å²) >= 11 is 0.